The number of nitrogens with one attached hydrogen (secondary N) is 1. The number of amides is 1. The van der Waals surface area contributed by atoms with Crippen LogP contribution in [-0.2, 0) is 9.53 Å². The van der Waals surface area contributed by atoms with Crippen LogP contribution in [0.5, 0.6) is 0 Å². The highest BCUT2D eigenvalue weighted by atomic mass is 16.5. The second kappa shape index (κ2) is 5.87. The number of rotatable bonds is 5. The smallest absolute Gasteiger partial charge is 0.227 e. The summed E-state index contributed by atoms with van der Waals surface area (Å²) < 4.78 is 5.26. The van der Waals surface area contributed by atoms with Crippen molar-refractivity contribution >= 4 is 11.6 Å². The first-order chi connectivity index (χ1) is 8.35. The predicted octanol–water partition coefficient (Wildman–Crippen LogP) is 1.91. The van der Waals surface area contributed by atoms with Crippen LogP contribution in [0.1, 0.15) is 32.3 Å². The first kappa shape index (κ1) is 14.5. The van der Waals surface area contributed by atoms with E-state index < -0.39 is 0 Å². The number of anilines is 1. The molecular formula is C14H22N2O2. The summed E-state index contributed by atoms with van der Waals surface area (Å²) in [4.78, 5) is 12.0. The molecule has 1 aromatic rings. The van der Waals surface area contributed by atoms with E-state index in [-0.39, 0.29) is 17.4 Å². The van der Waals surface area contributed by atoms with Crippen molar-refractivity contribution in [3.05, 3.63) is 29.8 Å². The lowest BCUT2D eigenvalue weighted by atomic mass is 9.99. The molecule has 0 saturated heterocycles. The molecule has 4 nitrogen and oxygen atoms in total. The van der Waals surface area contributed by atoms with Gasteiger partial charge in [0.1, 0.15) is 0 Å². The summed E-state index contributed by atoms with van der Waals surface area (Å²) in [6, 6.07) is 7.39. The maximum atomic E-state index is 12.0. The zero-order chi connectivity index (χ0) is 13.8. The van der Waals surface area contributed by atoms with Crippen LogP contribution in [0, 0.1) is 0 Å². The lowest BCUT2D eigenvalue weighted by molar-refractivity contribution is -0.123. The maximum absolute atomic E-state index is 12.0. The molecule has 0 saturated carbocycles. The number of hydrogen-bond donors (Lipinski definition) is 2. The van der Waals surface area contributed by atoms with Gasteiger partial charge in [-0.15, -0.1) is 0 Å². The highest BCUT2D eigenvalue weighted by Crippen LogP contribution is 2.18. The molecule has 1 unspecified atom stereocenters. The van der Waals surface area contributed by atoms with Crippen LogP contribution >= 0.6 is 0 Å². The molecule has 0 radical (unpaired) electrons. The summed E-state index contributed by atoms with van der Waals surface area (Å²) in [6.07, 6.45) is 0. The van der Waals surface area contributed by atoms with Crippen molar-refractivity contribution in [3.8, 4) is 0 Å². The number of carbonyl (C=O) groups excluding carboxylic acids is 1. The molecular weight excluding hydrogens is 228 g/mol. The Morgan fingerprint density at radius 2 is 2.17 bits per heavy atom. The fourth-order valence-corrected chi connectivity index (χ4v) is 1.50. The SMILES string of the molecule is COC(C)(C)CNC(=O)C(C)c1cccc(N)c1. The lowest BCUT2D eigenvalue weighted by Gasteiger charge is -2.24. The van der Waals surface area contributed by atoms with Crippen LogP contribution < -0.4 is 11.1 Å². The highest BCUT2D eigenvalue weighted by Gasteiger charge is 2.20. The number of benzene rings is 1. The minimum Gasteiger partial charge on any atom is -0.399 e. The van der Waals surface area contributed by atoms with E-state index in [1.807, 2.05) is 45.0 Å². The van der Waals surface area contributed by atoms with Gasteiger partial charge in [-0.1, -0.05) is 12.1 Å². The molecule has 0 aromatic heterocycles. The molecule has 0 heterocycles. The Labute approximate surface area is 109 Å². The number of hydrogen-bond acceptors (Lipinski definition) is 3. The summed E-state index contributed by atoms with van der Waals surface area (Å²) >= 11 is 0. The Morgan fingerprint density at radius 3 is 2.72 bits per heavy atom. The van der Waals surface area contributed by atoms with E-state index in [9.17, 15) is 4.79 Å². The second-order valence-electron chi connectivity index (χ2n) is 5.07. The Balaban J connectivity index is 2.62. The van der Waals surface area contributed by atoms with Gasteiger partial charge in [-0.25, -0.2) is 0 Å². The van der Waals surface area contributed by atoms with Gasteiger partial charge in [0.05, 0.1) is 11.5 Å². The molecule has 0 aliphatic heterocycles. The molecule has 0 bridgehead atoms. The fourth-order valence-electron chi connectivity index (χ4n) is 1.50. The van der Waals surface area contributed by atoms with Gasteiger partial charge in [0, 0.05) is 19.3 Å². The monoisotopic (exact) mass is 250 g/mol. The molecule has 0 fully saturated rings. The van der Waals surface area contributed by atoms with E-state index in [1.165, 1.54) is 0 Å². The third-order valence-electron chi connectivity index (χ3n) is 3.04. The zero-order valence-corrected chi connectivity index (χ0v) is 11.5. The van der Waals surface area contributed by atoms with Gasteiger partial charge >= 0.3 is 0 Å². The zero-order valence-electron chi connectivity index (χ0n) is 11.5. The minimum atomic E-state index is -0.356. The fraction of sp³-hybridized carbons (Fsp3) is 0.500. The standard InChI is InChI=1S/C14H22N2O2/c1-10(11-6-5-7-12(15)8-11)13(17)16-9-14(2,3)18-4/h5-8,10H,9,15H2,1-4H3,(H,16,17). The van der Waals surface area contributed by atoms with E-state index in [2.05, 4.69) is 5.32 Å². The highest BCUT2D eigenvalue weighted by molar-refractivity contribution is 5.83. The molecule has 0 aliphatic carbocycles. The van der Waals surface area contributed by atoms with Gasteiger partial charge in [-0.05, 0) is 38.5 Å². The molecule has 1 aromatic carbocycles. The van der Waals surface area contributed by atoms with E-state index >= 15 is 0 Å². The Kier molecular flexibility index (Phi) is 4.73. The number of nitrogens with two attached hydrogens (primary N) is 1. The van der Waals surface area contributed by atoms with Gasteiger partial charge in [0.25, 0.3) is 0 Å². The summed E-state index contributed by atoms with van der Waals surface area (Å²) in [5, 5.41) is 2.89. The largest absolute Gasteiger partial charge is 0.399 e. The van der Waals surface area contributed by atoms with Crippen molar-refractivity contribution in [2.24, 2.45) is 0 Å². The number of ether oxygens (including phenoxy) is 1. The van der Waals surface area contributed by atoms with Crippen LogP contribution in [-0.4, -0.2) is 25.2 Å². The van der Waals surface area contributed by atoms with E-state index in [0.717, 1.165) is 5.56 Å². The third kappa shape index (κ3) is 4.04. The summed E-state index contributed by atoms with van der Waals surface area (Å²) in [5.41, 5.74) is 6.94. The van der Waals surface area contributed by atoms with Crippen molar-refractivity contribution in [2.45, 2.75) is 32.3 Å². The first-order valence-electron chi connectivity index (χ1n) is 6.04. The quantitative estimate of drug-likeness (QED) is 0.785. The van der Waals surface area contributed by atoms with Crippen LogP contribution in [0.4, 0.5) is 5.69 Å². The van der Waals surface area contributed by atoms with Gasteiger partial charge < -0.3 is 15.8 Å². The number of carbonyl (C=O) groups is 1. The summed E-state index contributed by atoms with van der Waals surface area (Å²) in [5.74, 6) is -0.244. The average Bonchev–Trinajstić information content (AvgIpc) is 2.35. The summed E-state index contributed by atoms with van der Waals surface area (Å²) in [6.45, 7) is 6.20. The molecule has 0 aliphatic rings. The molecule has 1 atom stereocenters. The maximum Gasteiger partial charge on any atom is 0.227 e. The molecule has 0 spiro atoms. The van der Waals surface area contributed by atoms with Crippen molar-refractivity contribution < 1.29 is 9.53 Å². The number of methoxy groups -OCH3 is 1. The van der Waals surface area contributed by atoms with Crippen LogP contribution in [0.2, 0.25) is 0 Å². The molecule has 1 rings (SSSR count). The Morgan fingerprint density at radius 1 is 1.50 bits per heavy atom. The van der Waals surface area contributed by atoms with Crippen molar-refractivity contribution in [3.63, 3.8) is 0 Å². The molecule has 3 N–H and O–H groups in total. The normalized spacial score (nSPS) is 13.1. The van der Waals surface area contributed by atoms with Crippen molar-refractivity contribution in [2.75, 3.05) is 19.4 Å². The Bertz CT molecular complexity index is 416. The van der Waals surface area contributed by atoms with Gasteiger partial charge in [0.2, 0.25) is 5.91 Å². The molecule has 18 heavy (non-hydrogen) atoms. The topological polar surface area (TPSA) is 64.3 Å². The number of nitrogen functional groups attached to an aromatic ring is 1. The van der Waals surface area contributed by atoms with E-state index in [0.29, 0.717) is 12.2 Å². The minimum absolute atomic E-state index is 0.0225. The van der Waals surface area contributed by atoms with Gasteiger partial charge in [0.15, 0.2) is 0 Å². The lowest BCUT2D eigenvalue weighted by Crippen LogP contribution is -2.41. The van der Waals surface area contributed by atoms with Crippen LogP contribution in [0.15, 0.2) is 24.3 Å². The molecule has 4 heteroatoms. The van der Waals surface area contributed by atoms with Gasteiger partial charge in [-0.3, -0.25) is 4.79 Å². The van der Waals surface area contributed by atoms with Crippen molar-refractivity contribution in [1.29, 1.82) is 0 Å². The predicted molar refractivity (Wildman–Crippen MR) is 73.4 cm³/mol. The van der Waals surface area contributed by atoms with Crippen LogP contribution in [0.25, 0.3) is 0 Å². The summed E-state index contributed by atoms with van der Waals surface area (Å²) in [7, 11) is 1.63. The van der Waals surface area contributed by atoms with Crippen molar-refractivity contribution in [1.82, 2.24) is 5.32 Å². The average molecular weight is 250 g/mol. The third-order valence-corrected chi connectivity index (χ3v) is 3.04. The second-order valence-corrected chi connectivity index (χ2v) is 5.07. The Hall–Kier alpha value is -1.55. The van der Waals surface area contributed by atoms with Crippen LogP contribution in [0.3, 0.4) is 0 Å². The van der Waals surface area contributed by atoms with E-state index in [1.54, 1.807) is 7.11 Å². The first-order valence-corrected chi connectivity index (χ1v) is 6.04. The molecule has 100 valence electrons. The van der Waals surface area contributed by atoms with Gasteiger partial charge in [-0.2, -0.15) is 0 Å². The molecule has 1 amide bonds. The van der Waals surface area contributed by atoms with E-state index in [4.69, 9.17) is 10.5 Å².